The molecule has 1 aliphatic heterocycles. The van der Waals surface area contributed by atoms with E-state index >= 15 is 0 Å². The number of nitrogens with zero attached hydrogens (tertiary/aromatic N) is 3. The Bertz CT molecular complexity index is 1210. The zero-order valence-electron chi connectivity index (χ0n) is 15.9. The lowest BCUT2D eigenvalue weighted by molar-refractivity contribution is 0.253. The molecule has 3 heterocycles. The Labute approximate surface area is 169 Å². The molecule has 1 aromatic carbocycles. The van der Waals surface area contributed by atoms with Gasteiger partial charge in [-0.05, 0) is 53.8 Å². The number of primary amides is 1. The number of hydrogen-bond acceptors (Lipinski definition) is 5. The number of carbonyl (C=O) groups is 1. The highest BCUT2D eigenvalue weighted by Crippen LogP contribution is 2.35. The van der Waals surface area contributed by atoms with Crippen LogP contribution in [-0.2, 0) is 16.3 Å². The fourth-order valence-corrected chi connectivity index (χ4v) is 4.26. The number of fused-ring (bicyclic) bond motifs is 1. The van der Waals surface area contributed by atoms with Gasteiger partial charge in [0.15, 0.2) is 9.84 Å². The van der Waals surface area contributed by atoms with Crippen LogP contribution >= 0.6 is 0 Å². The minimum absolute atomic E-state index is 0.262. The lowest BCUT2D eigenvalue weighted by Crippen LogP contribution is -2.40. The van der Waals surface area contributed by atoms with E-state index in [2.05, 4.69) is 9.97 Å². The number of urea groups is 1. The lowest BCUT2D eigenvalue weighted by atomic mass is 9.95. The van der Waals surface area contributed by atoms with E-state index in [1.54, 1.807) is 36.8 Å². The van der Waals surface area contributed by atoms with Gasteiger partial charge in [-0.25, -0.2) is 18.2 Å². The number of aryl methyl sites for hydroxylation is 1. The molecule has 148 valence electrons. The van der Waals surface area contributed by atoms with Gasteiger partial charge in [0.05, 0.1) is 4.90 Å². The summed E-state index contributed by atoms with van der Waals surface area (Å²) < 4.78 is 23.9. The van der Waals surface area contributed by atoms with Crippen molar-refractivity contribution in [2.45, 2.75) is 17.7 Å². The summed E-state index contributed by atoms with van der Waals surface area (Å²) in [6.07, 6.45) is 7.92. The number of aromatic nitrogens is 2. The highest BCUT2D eigenvalue weighted by Gasteiger charge is 2.23. The molecule has 29 heavy (non-hydrogen) atoms. The van der Waals surface area contributed by atoms with Gasteiger partial charge in [0, 0.05) is 42.5 Å². The van der Waals surface area contributed by atoms with Gasteiger partial charge < -0.3 is 5.73 Å². The van der Waals surface area contributed by atoms with Crippen molar-refractivity contribution in [1.29, 1.82) is 0 Å². The highest BCUT2D eigenvalue weighted by molar-refractivity contribution is 7.90. The Kier molecular flexibility index (Phi) is 4.79. The molecule has 3 aromatic rings. The van der Waals surface area contributed by atoms with E-state index in [4.69, 9.17) is 5.73 Å². The number of nitrogens with two attached hydrogens (primary N) is 1. The summed E-state index contributed by atoms with van der Waals surface area (Å²) >= 11 is 0. The molecule has 0 spiro atoms. The van der Waals surface area contributed by atoms with Crippen LogP contribution in [0.25, 0.3) is 22.3 Å². The normalized spacial score (nSPS) is 13.8. The summed E-state index contributed by atoms with van der Waals surface area (Å²) in [6, 6.07) is 10.2. The second-order valence-electron chi connectivity index (χ2n) is 7.02. The van der Waals surface area contributed by atoms with Crippen LogP contribution in [0, 0.1) is 0 Å². The van der Waals surface area contributed by atoms with E-state index in [0.29, 0.717) is 12.4 Å². The van der Waals surface area contributed by atoms with E-state index in [1.807, 2.05) is 18.2 Å². The Balaban J connectivity index is 1.82. The first-order valence-corrected chi connectivity index (χ1v) is 11.0. The van der Waals surface area contributed by atoms with Crippen LogP contribution in [0.4, 0.5) is 10.6 Å². The van der Waals surface area contributed by atoms with Crippen molar-refractivity contribution in [3.8, 4) is 22.3 Å². The van der Waals surface area contributed by atoms with E-state index in [-0.39, 0.29) is 4.90 Å². The first-order valence-electron chi connectivity index (χ1n) is 9.15. The van der Waals surface area contributed by atoms with Gasteiger partial charge >= 0.3 is 6.03 Å². The molecule has 4 rings (SSSR count). The molecule has 0 saturated heterocycles. The minimum atomic E-state index is -3.31. The molecule has 7 nitrogen and oxygen atoms in total. The molecule has 0 aliphatic carbocycles. The predicted octanol–water partition coefficient (Wildman–Crippen LogP) is 3.05. The quantitative estimate of drug-likeness (QED) is 0.717. The molecule has 2 N–H and O–H groups in total. The lowest BCUT2D eigenvalue weighted by Gasteiger charge is -2.27. The van der Waals surface area contributed by atoms with Gasteiger partial charge in [-0.15, -0.1) is 0 Å². The highest BCUT2D eigenvalue weighted by atomic mass is 32.2. The Morgan fingerprint density at radius 1 is 1.10 bits per heavy atom. The van der Waals surface area contributed by atoms with Gasteiger partial charge in [-0.2, -0.15) is 0 Å². The molecular formula is C21H20N4O3S. The predicted molar refractivity (Wildman–Crippen MR) is 111 cm³/mol. The average Bonchev–Trinajstić information content (AvgIpc) is 2.72. The monoisotopic (exact) mass is 408 g/mol. The molecule has 0 saturated carbocycles. The zero-order chi connectivity index (χ0) is 20.6. The van der Waals surface area contributed by atoms with Crippen molar-refractivity contribution in [2.75, 3.05) is 17.7 Å². The number of anilines is 1. The third-order valence-electron chi connectivity index (χ3n) is 5.00. The molecule has 1 aliphatic rings. The second-order valence-corrected chi connectivity index (χ2v) is 9.04. The minimum Gasteiger partial charge on any atom is -0.351 e. The summed E-state index contributed by atoms with van der Waals surface area (Å²) in [5.74, 6) is 0.594. The topological polar surface area (TPSA) is 106 Å². The molecule has 2 amide bonds. The van der Waals surface area contributed by atoms with Crippen molar-refractivity contribution < 1.29 is 13.2 Å². The first kappa shape index (κ1) is 19.1. The number of carbonyl (C=O) groups excluding carboxylic acids is 1. The van der Waals surface area contributed by atoms with E-state index in [0.717, 1.165) is 40.7 Å². The zero-order valence-corrected chi connectivity index (χ0v) is 16.7. The SMILES string of the molecule is CS(=O)(=O)c1cccc(-c2ccncc2-c2cnc3c(c2)CCCN3C(N)=O)c1. The van der Waals surface area contributed by atoms with Crippen LogP contribution in [0.5, 0.6) is 0 Å². The Morgan fingerprint density at radius 3 is 2.69 bits per heavy atom. The van der Waals surface area contributed by atoms with Gasteiger partial charge in [0.2, 0.25) is 0 Å². The van der Waals surface area contributed by atoms with E-state index in [1.165, 1.54) is 11.2 Å². The van der Waals surface area contributed by atoms with E-state index in [9.17, 15) is 13.2 Å². The van der Waals surface area contributed by atoms with Crippen LogP contribution < -0.4 is 10.6 Å². The number of rotatable bonds is 3. The van der Waals surface area contributed by atoms with Gasteiger partial charge in [-0.1, -0.05) is 12.1 Å². The van der Waals surface area contributed by atoms with Crippen molar-refractivity contribution in [1.82, 2.24) is 9.97 Å². The molecule has 2 aromatic heterocycles. The summed E-state index contributed by atoms with van der Waals surface area (Å²) in [5.41, 5.74) is 9.74. The van der Waals surface area contributed by atoms with Crippen molar-refractivity contribution in [2.24, 2.45) is 5.73 Å². The summed E-state index contributed by atoms with van der Waals surface area (Å²) in [6.45, 7) is 0.561. The van der Waals surface area contributed by atoms with Crippen LogP contribution in [0.1, 0.15) is 12.0 Å². The van der Waals surface area contributed by atoms with Gasteiger partial charge in [-0.3, -0.25) is 9.88 Å². The number of sulfone groups is 1. The fraction of sp³-hybridized carbons (Fsp3) is 0.190. The molecule has 0 fully saturated rings. The third kappa shape index (κ3) is 3.71. The van der Waals surface area contributed by atoms with Crippen LogP contribution in [0.2, 0.25) is 0 Å². The van der Waals surface area contributed by atoms with Gasteiger partial charge in [0.25, 0.3) is 0 Å². The fourth-order valence-electron chi connectivity index (χ4n) is 3.60. The smallest absolute Gasteiger partial charge is 0.320 e. The van der Waals surface area contributed by atoms with Crippen LogP contribution in [-0.4, -0.2) is 37.2 Å². The number of hydrogen-bond donors (Lipinski definition) is 1. The first-order chi connectivity index (χ1) is 13.8. The number of benzene rings is 1. The summed E-state index contributed by atoms with van der Waals surface area (Å²) in [4.78, 5) is 22.2. The Hall–Kier alpha value is -3.26. The molecule has 0 atom stereocenters. The second kappa shape index (κ2) is 7.29. The molecule has 8 heteroatoms. The maximum atomic E-state index is 12.0. The standard InChI is InChI=1S/C21H20N4O3S/c1-29(27,28)17-6-2-4-14(11-17)18-7-8-23-13-19(18)16-10-15-5-3-9-25(21(22)26)20(15)24-12-16/h2,4,6-8,10-13H,3,5,9H2,1H3,(H2,22,26). The number of pyridine rings is 2. The van der Waals surface area contributed by atoms with Crippen molar-refractivity contribution in [3.05, 3.63) is 60.6 Å². The number of amides is 2. The third-order valence-corrected chi connectivity index (χ3v) is 6.11. The van der Waals surface area contributed by atoms with E-state index < -0.39 is 15.9 Å². The van der Waals surface area contributed by atoms with Crippen molar-refractivity contribution in [3.63, 3.8) is 0 Å². The maximum Gasteiger partial charge on any atom is 0.320 e. The largest absolute Gasteiger partial charge is 0.351 e. The van der Waals surface area contributed by atoms with Gasteiger partial charge in [0.1, 0.15) is 5.82 Å². The van der Waals surface area contributed by atoms with Crippen LogP contribution in [0.3, 0.4) is 0 Å². The summed E-state index contributed by atoms with van der Waals surface area (Å²) in [5, 5.41) is 0. The summed E-state index contributed by atoms with van der Waals surface area (Å²) in [7, 11) is -3.31. The molecule has 0 bridgehead atoms. The van der Waals surface area contributed by atoms with Crippen molar-refractivity contribution >= 4 is 21.7 Å². The average molecular weight is 408 g/mol. The molecule has 0 radical (unpaired) electrons. The molecule has 0 unspecified atom stereocenters. The van der Waals surface area contributed by atoms with Crippen LogP contribution in [0.15, 0.2) is 59.9 Å². The molecular weight excluding hydrogens is 388 g/mol. The Morgan fingerprint density at radius 2 is 1.93 bits per heavy atom. The maximum absolute atomic E-state index is 12.0.